The Morgan fingerprint density at radius 2 is 2.08 bits per heavy atom. The van der Waals surface area contributed by atoms with E-state index in [-0.39, 0.29) is 11.5 Å². The lowest BCUT2D eigenvalue weighted by Crippen LogP contribution is -2.39. The summed E-state index contributed by atoms with van der Waals surface area (Å²) in [4.78, 5) is 38.2. The molecule has 0 bridgehead atoms. The molecule has 26 heavy (non-hydrogen) atoms. The van der Waals surface area contributed by atoms with Crippen molar-refractivity contribution < 1.29 is 4.79 Å². The van der Waals surface area contributed by atoms with E-state index in [1.54, 1.807) is 10.7 Å². The fraction of sp³-hybridized carbons (Fsp3) is 0.444. The predicted octanol–water partition coefficient (Wildman–Crippen LogP) is 1.31. The third kappa shape index (κ3) is 2.91. The lowest BCUT2D eigenvalue weighted by atomic mass is 9.95. The molecule has 8 heteroatoms. The molecule has 1 aliphatic heterocycles. The third-order valence-corrected chi connectivity index (χ3v) is 5.28. The number of H-pyrrole nitrogens is 2. The largest absolute Gasteiger partial charge is 0.348 e. The molecular weight excluding hydrogens is 332 g/mol. The van der Waals surface area contributed by atoms with Crippen molar-refractivity contribution in [2.24, 2.45) is 0 Å². The molecule has 0 saturated carbocycles. The molecule has 1 amide bonds. The number of aromatic nitrogens is 5. The highest BCUT2D eigenvalue weighted by Gasteiger charge is 2.26. The molecule has 0 atom stereocenters. The molecule has 2 N–H and O–H groups in total. The Morgan fingerprint density at radius 1 is 1.31 bits per heavy atom. The minimum atomic E-state index is -0.191. The Kier molecular flexibility index (Phi) is 4.10. The zero-order chi connectivity index (χ0) is 18.3. The summed E-state index contributed by atoms with van der Waals surface area (Å²) in [5.74, 6) is 1.50. The molecule has 8 nitrogen and oxygen atoms in total. The number of hydrogen-bond acceptors (Lipinski definition) is 4. The predicted molar refractivity (Wildman–Crippen MR) is 96.1 cm³/mol. The second kappa shape index (κ2) is 6.44. The van der Waals surface area contributed by atoms with E-state index < -0.39 is 0 Å². The summed E-state index contributed by atoms with van der Waals surface area (Å²) in [5.41, 5.74) is 2.92. The maximum Gasteiger partial charge on any atom is 0.266 e. The van der Waals surface area contributed by atoms with Crippen molar-refractivity contribution in [1.82, 2.24) is 29.5 Å². The normalized spacial score (nSPS) is 15.7. The Morgan fingerprint density at radius 3 is 2.77 bits per heavy atom. The van der Waals surface area contributed by atoms with E-state index in [0.717, 1.165) is 48.7 Å². The van der Waals surface area contributed by atoms with E-state index >= 15 is 0 Å². The third-order valence-electron chi connectivity index (χ3n) is 5.28. The van der Waals surface area contributed by atoms with Crippen LogP contribution in [0.3, 0.4) is 0 Å². The molecule has 0 aromatic carbocycles. The van der Waals surface area contributed by atoms with E-state index in [1.165, 1.54) is 6.07 Å². The summed E-state index contributed by atoms with van der Waals surface area (Å²) in [6.07, 6.45) is 5.74. The van der Waals surface area contributed by atoms with Gasteiger partial charge in [0.25, 0.3) is 5.56 Å². The van der Waals surface area contributed by atoms with Gasteiger partial charge in [0.15, 0.2) is 5.65 Å². The zero-order valence-corrected chi connectivity index (χ0v) is 15.0. The average molecular weight is 354 g/mol. The lowest BCUT2D eigenvalue weighted by molar-refractivity contribution is -0.131. The van der Waals surface area contributed by atoms with Gasteiger partial charge >= 0.3 is 0 Å². The Labute approximate surface area is 150 Å². The van der Waals surface area contributed by atoms with Gasteiger partial charge in [-0.1, -0.05) is 0 Å². The molecule has 4 rings (SSSR count). The van der Waals surface area contributed by atoms with E-state index in [0.29, 0.717) is 18.0 Å². The van der Waals surface area contributed by atoms with Gasteiger partial charge in [-0.3, -0.25) is 14.7 Å². The number of rotatable bonds is 3. The van der Waals surface area contributed by atoms with Gasteiger partial charge in [-0.15, -0.1) is 0 Å². The molecule has 136 valence electrons. The van der Waals surface area contributed by atoms with Gasteiger partial charge in [-0.2, -0.15) is 0 Å². The number of aromatic amines is 2. The molecular formula is C18H22N6O2. The second-order valence-electron chi connectivity index (χ2n) is 6.88. The summed E-state index contributed by atoms with van der Waals surface area (Å²) in [6, 6.07) is 1.46. The molecule has 0 radical (unpaired) electrons. The maximum absolute atomic E-state index is 12.8. The van der Waals surface area contributed by atoms with Crippen LogP contribution in [0.2, 0.25) is 0 Å². The molecule has 0 unspecified atom stereocenters. The van der Waals surface area contributed by atoms with E-state index in [4.69, 9.17) is 0 Å². The van der Waals surface area contributed by atoms with Crippen LogP contribution in [0.4, 0.5) is 0 Å². The van der Waals surface area contributed by atoms with Crippen molar-refractivity contribution in [1.29, 1.82) is 0 Å². The second-order valence-corrected chi connectivity index (χ2v) is 6.88. The summed E-state index contributed by atoms with van der Waals surface area (Å²) in [6.45, 7) is 5.26. The Bertz CT molecular complexity index is 993. The molecule has 1 fully saturated rings. The zero-order valence-electron chi connectivity index (χ0n) is 15.0. The van der Waals surface area contributed by atoms with Gasteiger partial charge < -0.3 is 9.88 Å². The van der Waals surface area contributed by atoms with Gasteiger partial charge in [0, 0.05) is 54.4 Å². The SMILES string of the molecule is Cc1nc2cc(=O)[nH]n2c(C)c1CC(=O)N1CCC(c2ncc[nH]2)CC1. The molecule has 0 spiro atoms. The highest BCUT2D eigenvalue weighted by atomic mass is 16.2. The minimum absolute atomic E-state index is 0.102. The van der Waals surface area contributed by atoms with Crippen LogP contribution in [0.25, 0.3) is 5.65 Å². The van der Waals surface area contributed by atoms with E-state index in [2.05, 4.69) is 20.1 Å². The molecule has 1 saturated heterocycles. The van der Waals surface area contributed by atoms with Gasteiger partial charge in [-0.25, -0.2) is 14.5 Å². The van der Waals surface area contributed by atoms with Crippen molar-refractivity contribution in [3.63, 3.8) is 0 Å². The van der Waals surface area contributed by atoms with Crippen molar-refractivity contribution in [2.45, 2.75) is 39.0 Å². The number of aryl methyl sites for hydroxylation is 2. The first-order chi connectivity index (χ1) is 12.5. The topological polar surface area (TPSA) is 99.1 Å². The van der Waals surface area contributed by atoms with Crippen LogP contribution in [0.5, 0.6) is 0 Å². The van der Waals surface area contributed by atoms with Crippen LogP contribution >= 0.6 is 0 Å². The molecule has 3 aromatic heterocycles. The van der Waals surface area contributed by atoms with Crippen LogP contribution in [0.15, 0.2) is 23.3 Å². The van der Waals surface area contributed by atoms with Crippen LogP contribution < -0.4 is 5.56 Å². The number of carbonyl (C=O) groups is 1. The van der Waals surface area contributed by atoms with Gasteiger partial charge in [0.05, 0.1) is 6.42 Å². The van der Waals surface area contributed by atoms with E-state index in [1.807, 2.05) is 24.9 Å². The van der Waals surface area contributed by atoms with E-state index in [9.17, 15) is 9.59 Å². The van der Waals surface area contributed by atoms with Crippen molar-refractivity contribution in [2.75, 3.05) is 13.1 Å². The van der Waals surface area contributed by atoms with Crippen molar-refractivity contribution >= 4 is 11.6 Å². The highest BCUT2D eigenvalue weighted by Crippen LogP contribution is 2.26. The van der Waals surface area contributed by atoms with Crippen LogP contribution in [0, 0.1) is 13.8 Å². The Hall–Kier alpha value is -2.90. The number of imidazole rings is 1. The number of hydrogen-bond donors (Lipinski definition) is 2. The minimum Gasteiger partial charge on any atom is -0.348 e. The maximum atomic E-state index is 12.8. The van der Waals surface area contributed by atoms with Crippen LogP contribution in [-0.4, -0.2) is 48.5 Å². The van der Waals surface area contributed by atoms with Crippen molar-refractivity contribution in [3.8, 4) is 0 Å². The molecule has 4 heterocycles. The molecule has 1 aliphatic rings. The first-order valence-electron chi connectivity index (χ1n) is 8.88. The summed E-state index contributed by atoms with van der Waals surface area (Å²) < 4.78 is 1.65. The van der Waals surface area contributed by atoms with Gasteiger partial charge in [0.1, 0.15) is 5.82 Å². The average Bonchev–Trinajstić information content (AvgIpc) is 3.28. The number of nitrogens with one attached hydrogen (secondary N) is 2. The number of carbonyl (C=O) groups excluding carboxylic acids is 1. The van der Waals surface area contributed by atoms with Crippen LogP contribution in [0.1, 0.15) is 41.5 Å². The summed E-state index contributed by atoms with van der Waals surface area (Å²) in [7, 11) is 0. The number of likely N-dealkylation sites (tertiary alicyclic amines) is 1. The smallest absolute Gasteiger partial charge is 0.266 e. The number of nitrogens with zero attached hydrogens (tertiary/aromatic N) is 4. The lowest BCUT2D eigenvalue weighted by Gasteiger charge is -2.31. The summed E-state index contributed by atoms with van der Waals surface area (Å²) in [5, 5.41) is 2.73. The molecule has 3 aromatic rings. The highest BCUT2D eigenvalue weighted by molar-refractivity contribution is 5.79. The first kappa shape index (κ1) is 16.6. The standard InChI is InChI=1S/C18H22N6O2/c1-11-14(12(2)24-15(21-11)10-16(25)22-24)9-17(26)23-7-3-13(4-8-23)18-19-5-6-20-18/h5-6,10,13H,3-4,7-9H2,1-2H3,(H,19,20)(H,22,25). The van der Waals surface area contributed by atoms with Gasteiger partial charge in [0.2, 0.25) is 5.91 Å². The number of amides is 1. The van der Waals surface area contributed by atoms with Gasteiger partial charge in [-0.05, 0) is 26.7 Å². The quantitative estimate of drug-likeness (QED) is 0.741. The number of fused-ring (bicyclic) bond motifs is 1. The first-order valence-corrected chi connectivity index (χ1v) is 8.88. The monoisotopic (exact) mass is 354 g/mol. The fourth-order valence-electron chi connectivity index (χ4n) is 3.78. The summed E-state index contributed by atoms with van der Waals surface area (Å²) >= 11 is 0. The van der Waals surface area contributed by atoms with Crippen molar-refractivity contribution in [3.05, 3.63) is 51.6 Å². The fourth-order valence-corrected chi connectivity index (χ4v) is 3.78. The number of piperidine rings is 1. The van der Waals surface area contributed by atoms with Crippen LogP contribution in [-0.2, 0) is 11.2 Å². The molecule has 0 aliphatic carbocycles. The Balaban J connectivity index is 1.49.